The third-order valence-electron chi connectivity index (χ3n) is 3.19. The Bertz CT molecular complexity index is 484. The third-order valence-corrected chi connectivity index (χ3v) is 4.04. The van der Waals surface area contributed by atoms with Gasteiger partial charge in [0.15, 0.2) is 0 Å². The first-order valence-corrected chi connectivity index (χ1v) is 7.97. The molecule has 0 fully saturated rings. The third kappa shape index (κ3) is 4.99. The minimum Gasteiger partial charge on any atom is -0.395 e. The molecule has 0 aliphatic heterocycles. The lowest BCUT2D eigenvalue weighted by molar-refractivity contribution is 0.0741. The monoisotopic (exact) mass is 293 g/mol. The number of hydrogen-bond donors (Lipinski definition) is 1. The topological polar surface area (TPSA) is 40.5 Å². The van der Waals surface area contributed by atoms with E-state index in [1.165, 1.54) is 11.3 Å². The van der Waals surface area contributed by atoms with E-state index >= 15 is 0 Å². The Hall–Kier alpha value is -1.31. The standard InChI is InChI=1S/C16H23NO2S/c1-4-13(3)11-17(5-2)16(19)14-10-15(20-12-14)8-6-7-9-18/h10,12-13,18H,4-5,7,9,11H2,1-3H3. The van der Waals surface area contributed by atoms with Crippen molar-refractivity contribution in [3.05, 3.63) is 21.9 Å². The van der Waals surface area contributed by atoms with Crippen molar-refractivity contribution in [1.29, 1.82) is 0 Å². The number of carbonyl (C=O) groups is 1. The van der Waals surface area contributed by atoms with Crippen LogP contribution in [0.1, 0.15) is 48.8 Å². The zero-order chi connectivity index (χ0) is 15.0. The summed E-state index contributed by atoms with van der Waals surface area (Å²) in [6.45, 7) is 7.91. The lowest BCUT2D eigenvalue weighted by Gasteiger charge is -2.23. The molecule has 0 saturated heterocycles. The molecule has 3 nitrogen and oxygen atoms in total. The van der Waals surface area contributed by atoms with E-state index in [9.17, 15) is 4.79 Å². The molecule has 1 atom stereocenters. The van der Waals surface area contributed by atoms with Gasteiger partial charge < -0.3 is 10.0 Å². The number of nitrogens with zero attached hydrogens (tertiary/aromatic N) is 1. The maximum atomic E-state index is 12.4. The SMILES string of the molecule is CCC(C)CN(CC)C(=O)c1csc(C#CCCO)c1. The Balaban J connectivity index is 2.73. The molecule has 0 aliphatic rings. The van der Waals surface area contributed by atoms with Crippen molar-refractivity contribution in [3.8, 4) is 11.8 Å². The quantitative estimate of drug-likeness (QED) is 0.819. The normalized spacial score (nSPS) is 11.6. The van der Waals surface area contributed by atoms with Crippen LogP contribution in [0.15, 0.2) is 11.4 Å². The summed E-state index contributed by atoms with van der Waals surface area (Å²) in [5.41, 5.74) is 0.716. The summed E-state index contributed by atoms with van der Waals surface area (Å²) in [7, 11) is 0. The highest BCUT2D eigenvalue weighted by Crippen LogP contribution is 2.17. The minimum absolute atomic E-state index is 0.0721. The Kier molecular flexibility index (Phi) is 7.35. The fraction of sp³-hybridized carbons (Fsp3) is 0.562. The van der Waals surface area contributed by atoms with Crippen LogP contribution in [0.5, 0.6) is 0 Å². The van der Waals surface area contributed by atoms with Crippen LogP contribution in [0.4, 0.5) is 0 Å². The first-order chi connectivity index (χ1) is 9.62. The molecule has 0 spiro atoms. The molecule has 0 aliphatic carbocycles. The van der Waals surface area contributed by atoms with Gasteiger partial charge in [-0.25, -0.2) is 0 Å². The van der Waals surface area contributed by atoms with E-state index in [-0.39, 0.29) is 12.5 Å². The first-order valence-electron chi connectivity index (χ1n) is 7.09. The Morgan fingerprint density at radius 2 is 2.25 bits per heavy atom. The average Bonchev–Trinajstić information content (AvgIpc) is 2.92. The summed E-state index contributed by atoms with van der Waals surface area (Å²) >= 11 is 1.48. The molecule has 1 aromatic rings. The van der Waals surface area contributed by atoms with Gasteiger partial charge in [-0.15, -0.1) is 11.3 Å². The van der Waals surface area contributed by atoms with Crippen molar-refractivity contribution in [2.24, 2.45) is 5.92 Å². The van der Waals surface area contributed by atoms with Crippen molar-refractivity contribution < 1.29 is 9.90 Å². The summed E-state index contributed by atoms with van der Waals surface area (Å²) in [5, 5.41) is 10.6. The van der Waals surface area contributed by atoms with Gasteiger partial charge in [-0.3, -0.25) is 4.79 Å². The largest absolute Gasteiger partial charge is 0.395 e. The minimum atomic E-state index is 0.0721. The van der Waals surface area contributed by atoms with Crippen molar-refractivity contribution in [3.63, 3.8) is 0 Å². The number of hydrogen-bond acceptors (Lipinski definition) is 3. The van der Waals surface area contributed by atoms with E-state index in [0.29, 0.717) is 17.9 Å². The highest BCUT2D eigenvalue weighted by Gasteiger charge is 2.17. The number of thiophene rings is 1. The number of rotatable bonds is 6. The number of carbonyl (C=O) groups excluding carboxylic acids is 1. The zero-order valence-electron chi connectivity index (χ0n) is 12.5. The Morgan fingerprint density at radius 3 is 2.85 bits per heavy atom. The van der Waals surface area contributed by atoms with Crippen LogP contribution in [-0.2, 0) is 0 Å². The van der Waals surface area contributed by atoms with Gasteiger partial charge in [0.1, 0.15) is 0 Å². The lowest BCUT2D eigenvalue weighted by Crippen LogP contribution is -2.34. The van der Waals surface area contributed by atoms with Gasteiger partial charge in [-0.2, -0.15) is 0 Å². The highest BCUT2D eigenvalue weighted by molar-refractivity contribution is 7.10. The second-order valence-electron chi connectivity index (χ2n) is 4.83. The van der Waals surface area contributed by atoms with Gasteiger partial charge in [0.2, 0.25) is 0 Å². The van der Waals surface area contributed by atoms with E-state index in [1.807, 2.05) is 23.3 Å². The van der Waals surface area contributed by atoms with E-state index in [2.05, 4.69) is 25.7 Å². The molecule has 1 rings (SSSR count). The maximum Gasteiger partial charge on any atom is 0.254 e. The molecule has 0 radical (unpaired) electrons. The van der Waals surface area contributed by atoms with Gasteiger partial charge in [0.25, 0.3) is 5.91 Å². The molecule has 110 valence electrons. The smallest absolute Gasteiger partial charge is 0.254 e. The van der Waals surface area contributed by atoms with Crippen LogP contribution in [-0.4, -0.2) is 35.6 Å². The van der Waals surface area contributed by atoms with Crippen LogP contribution in [0, 0.1) is 17.8 Å². The molecular weight excluding hydrogens is 270 g/mol. The second kappa shape index (κ2) is 8.78. The fourth-order valence-electron chi connectivity index (χ4n) is 1.76. The summed E-state index contributed by atoms with van der Waals surface area (Å²) < 4.78 is 0. The molecule has 1 heterocycles. The molecule has 1 N–H and O–H groups in total. The molecule has 1 aromatic heterocycles. The van der Waals surface area contributed by atoms with E-state index in [0.717, 1.165) is 24.4 Å². The van der Waals surface area contributed by atoms with Gasteiger partial charge in [0.05, 0.1) is 17.0 Å². The van der Waals surface area contributed by atoms with E-state index in [1.54, 1.807) is 0 Å². The molecule has 20 heavy (non-hydrogen) atoms. The number of aliphatic hydroxyl groups excluding tert-OH is 1. The highest BCUT2D eigenvalue weighted by atomic mass is 32.1. The second-order valence-corrected chi connectivity index (χ2v) is 5.74. The van der Waals surface area contributed by atoms with Crippen LogP contribution in [0.3, 0.4) is 0 Å². The fourth-order valence-corrected chi connectivity index (χ4v) is 2.51. The van der Waals surface area contributed by atoms with E-state index < -0.39 is 0 Å². The average molecular weight is 293 g/mol. The molecule has 0 saturated carbocycles. The molecule has 4 heteroatoms. The molecule has 0 aromatic carbocycles. The van der Waals surface area contributed by atoms with Crippen LogP contribution in [0.2, 0.25) is 0 Å². The number of amides is 1. The zero-order valence-corrected chi connectivity index (χ0v) is 13.3. The predicted molar refractivity (Wildman–Crippen MR) is 83.9 cm³/mol. The summed E-state index contributed by atoms with van der Waals surface area (Å²) in [5.74, 6) is 6.44. The van der Waals surface area contributed by atoms with Crippen molar-refractivity contribution in [2.45, 2.75) is 33.6 Å². The van der Waals surface area contributed by atoms with Crippen molar-refractivity contribution in [2.75, 3.05) is 19.7 Å². The summed E-state index contributed by atoms with van der Waals surface area (Å²) in [6.07, 6.45) is 1.54. The van der Waals surface area contributed by atoms with Gasteiger partial charge >= 0.3 is 0 Å². The van der Waals surface area contributed by atoms with Crippen LogP contribution >= 0.6 is 11.3 Å². The van der Waals surface area contributed by atoms with Gasteiger partial charge in [-0.1, -0.05) is 32.1 Å². The molecule has 1 amide bonds. The summed E-state index contributed by atoms with van der Waals surface area (Å²) in [4.78, 5) is 15.2. The maximum absolute atomic E-state index is 12.4. The molecular formula is C16H23NO2S. The predicted octanol–water partition coefficient (Wildman–Crippen LogP) is 2.99. The number of aliphatic hydroxyl groups is 1. The summed E-state index contributed by atoms with van der Waals surface area (Å²) in [6, 6.07) is 1.84. The first kappa shape index (κ1) is 16.7. The Morgan fingerprint density at radius 1 is 1.50 bits per heavy atom. The van der Waals surface area contributed by atoms with Crippen LogP contribution < -0.4 is 0 Å². The lowest BCUT2D eigenvalue weighted by atomic mass is 10.1. The van der Waals surface area contributed by atoms with Gasteiger partial charge in [0, 0.05) is 24.9 Å². The van der Waals surface area contributed by atoms with Gasteiger partial charge in [-0.05, 0) is 18.9 Å². The van der Waals surface area contributed by atoms with Crippen LogP contribution in [0.25, 0.3) is 0 Å². The van der Waals surface area contributed by atoms with E-state index in [4.69, 9.17) is 5.11 Å². The molecule has 1 unspecified atom stereocenters. The molecule has 0 bridgehead atoms. The van der Waals surface area contributed by atoms with Crippen molar-refractivity contribution in [1.82, 2.24) is 4.90 Å². The Labute approximate surface area is 125 Å². The van der Waals surface area contributed by atoms with Crippen molar-refractivity contribution >= 4 is 17.2 Å².